The van der Waals surface area contributed by atoms with Crippen molar-refractivity contribution in [3.8, 4) is 0 Å². The molecule has 0 heterocycles. The van der Waals surface area contributed by atoms with Gasteiger partial charge in [0.25, 0.3) is 0 Å². The maximum absolute atomic E-state index is 2.26. The van der Waals surface area contributed by atoms with Crippen LogP contribution in [0.25, 0.3) is 0 Å². The van der Waals surface area contributed by atoms with E-state index in [0.29, 0.717) is 0 Å². The number of hydrogen-bond acceptors (Lipinski definition) is 1. The van der Waals surface area contributed by atoms with E-state index in [2.05, 4.69) is 25.1 Å². The van der Waals surface area contributed by atoms with Crippen LogP contribution in [0, 0.1) is 6.92 Å². The van der Waals surface area contributed by atoms with Crippen molar-refractivity contribution in [1.82, 2.24) is 6.15 Å². The van der Waals surface area contributed by atoms with Gasteiger partial charge in [0, 0.05) is 0 Å². The molecule has 0 saturated heterocycles. The molecule has 2 aliphatic rings. The smallest absolute Gasteiger partial charge is 0.00229 e. The number of fused-ring (bicyclic) bond motifs is 2. The fourth-order valence-electron chi connectivity index (χ4n) is 1.11. The van der Waals surface area contributed by atoms with E-state index >= 15 is 0 Å². The average Bonchev–Trinajstić information content (AvgIpc) is 1.62. The summed E-state index contributed by atoms with van der Waals surface area (Å²) in [5.41, 5.74) is 4.47. The molecule has 2 aliphatic carbocycles. The lowest BCUT2D eigenvalue weighted by molar-refractivity contribution is 1.06. The second-order valence-corrected chi connectivity index (χ2v) is 2.44. The minimum absolute atomic E-state index is 0. The third-order valence-electron chi connectivity index (χ3n) is 1.81. The van der Waals surface area contributed by atoms with E-state index < -0.39 is 0 Å². The van der Waals surface area contributed by atoms with Crippen molar-refractivity contribution in [2.24, 2.45) is 0 Å². The minimum Gasteiger partial charge on any atom is -0.344 e. The summed E-state index contributed by atoms with van der Waals surface area (Å²) in [5.74, 6) is 0. The predicted molar refractivity (Wildman–Crippen MR) is 39.0 cm³/mol. The fourth-order valence-corrected chi connectivity index (χ4v) is 1.11. The molecule has 0 aromatic heterocycles. The van der Waals surface area contributed by atoms with Gasteiger partial charge in [0.05, 0.1) is 0 Å². The van der Waals surface area contributed by atoms with E-state index in [1.54, 1.807) is 0 Å². The maximum Gasteiger partial charge on any atom is -0.00229 e. The lowest BCUT2D eigenvalue weighted by Crippen LogP contribution is -2.02. The van der Waals surface area contributed by atoms with E-state index in [1.165, 1.54) is 23.1 Å². The molecule has 0 atom stereocenters. The molecule has 3 N–H and O–H groups in total. The first kappa shape index (κ1) is 6.30. The standard InChI is InChI=1S/C8H8.H3N/c1-6-2-3-7-4-8(6)5-7;/h2-4H,5H2,1H3;1H3. The van der Waals surface area contributed by atoms with Crippen LogP contribution >= 0.6 is 0 Å². The molecular weight excluding hydrogens is 110 g/mol. The van der Waals surface area contributed by atoms with Crippen LogP contribution in [0.3, 0.4) is 0 Å². The summed E-state index contributed by atoms with van der Waals surface area (Å²) in [6.45, 7) is 2.16. The second-order valence-electron chi connectivity index (χ2n) is 2.44. The Morgan fingerprint density at radius 1 is 1.33 bits per heavy atom. The van der Waals surface area contributed by atoms with E-state index in [0.717, 1.165) is 0 Å². The molecule has 0 amide bonds. The topological polar surface area (TPSA) is 35.0 Å². The zero-order valence-corrected chi connectivity index (χ0v) is 5.65. The molecule has 1 aromatic rings. The van der Waals surface area contributed by atoms with E-state index in [4.69, 9.17) is 0 Å². The van der Waals surface area contributed by atoms with E-state index in [-0.39, 0.29) is 6.15 Å². The van der Waals surface area contributed by atoms with Gasteiger partial charge in [0.1, 0.15) is 0 Å². The molecule has 0 unspecified atom stereocenters. The van der Waals surface area contributed by atoms with Crippen molar-refractivity contribution >= 4 is 0 Å². The van der Waals surface area contributed by atoms with Crippen LogP contribution in [0.4, 0.5) is 0 Å². The van der Waals surface area contributed by atoms with Gasteiger partial charge in [-0.15, -0.1) is 0 Å². The first-order valence-electron chi connectivity index (χ1n) is 2.95. The van der Waals surface area contributed by atoms with Crippen LogP contribution in [0.5, 0.6) is 0 Å². The Balaban J connectivity index is 0.000000405. The highest BCUT2D eigenvalue weighted by atomic mass is 14.1. The Hall–Kier alpha value is -0.820. The van der Waals surface area contributed by atoms with Gasteiger partial charge in [-0.25, -0.2) is 0 Å². The molecule has 0 aliphatic heterocycles. The minimum atomic E-state index is 0. The van der Waals surface area contributed by atoms with Crippen LogP contribution in [0.2, 0.25) is 0 Å². The summed E-state index contributed by atoms with van der Waals surface area (Å²) in [6, 6.07) is 6.64. The predicted octanol–water partition coefficient (Wildman–Crippen LogP) is 2.06. The number of hydrogen-bond donors (Lipinski definition) is 1. The third kappa shape index (κ3) is 0.736. The van der Waals surface area contributed by atoms with E-state index in [9.17, 15) is 0 Å². The summed E-state index contributed by atoms with van der Waals surface area (Å²) in [5, 5.41) is 0. The summed E-state index contributed by atoms with van der Waals surface area (Å²) < 4.78 is 0. The summed E-state index contributed by atoms with van der Waals surface area (Å²) in [7, 11) is 0. The number of aryl methyl sites for hydroxylation is 1. The molecule has 48 valence electrons. The molecule has 1 aromatic carbocycles. The first-order chi connectivity index (χ1) is 3.86. The Kier molecular flexibility index (Phi) is 1.29. The molecule has 0 radical (unpaired) electrons. The van der Waals surface area contributed by atoms with Crippen molar-refractivity contribution in [3.05, 3.63) is 34.9 Å². The van der Waals surface area contributed by atoms with Crippen LogP contribution < -0.4 is 6.15 Å². The highest BCUT2D eigenvalue weighted by molar-refractivity contribution is 5.42. The Morgan fingerprint density at radius 2 is 2.00 bits per heavy atom. The van der Waals surface area contributed by atoms with Crippen LogP contribution in [0.1, 0.15) is 16.7 Å². The summed E-state index contributed by atoms with van der Waals surface area (Å²) in [6.07, 6.45) is 1.22. The Labute approximate surface area is 55.3 Å². The zero-order valence-electron chi connectivity index (χ0n) is 5.65. The maximum atomic E-state index is 2.26. The van der Waals surface area contributed by atoms with Crippen molar-refractivity contribution in [1.29, 1.82) is 0 Å². The Morgan fingerprint density at radius 3 is 2.22 bits per heavy atom. The Bertz CT molecular complexity index is 219. The average molecular weight is 121 g/mol. The van der Waals surface area contributed by atoms with Gasteiger partial charge in [-0.3, -0.25) is 0 Å². The quantitative estimate of drug-likeness (QED) is 0.568. The normalized spacial score (nSPS) is 11.7. The van der Waals surface area contributed by atoms with Gasteiger partial charge in [0.2, 0.25) is 0 Å². The van der Waals surface area contributed by atoms with Gasteiger partial charge in [-0.2, -0.15) is 0 Å². The first-order valence-corrected chi connectivity index (χ1v) is 2.95. The number of benzene rings is 1. The van der Waals surface area contributed by atoms with Crippen LogP contribution in [-0.2, 0) is 6.42 Å². The van der Waals surface area contributed by atoms with Crippen LogP contribution in [0.15, 0.2) is 18.2 Å². The van der Waals surface area contributed by atoms with Crippen LogP contribution in [-0.4, -0.2) is 0 Å². The van der Waals surface area contributed by atoms with Gasteiger partial charge >= 0.3 is 0 Å². The largest absolute Gasteiger partial charge is 0.344 e. The molecule has 1 nitrogen and oxygen atoms in total. The third-order valence-corrected chi connectivity index (χ3v) is 1.81. The molecule has 9 heavy (non-hydrogen) atoms. The molecule has 3 rings (SSSR count). The van der Waals surface area contributed by atoms with Gasteiger partial charge in [-0.05, 0) is 30.0 Å². The molecule has 0 spiro atoms. The highest BCUT2D eigenvalue weighted by Gasteiger charge is 2.08. The van der Waals surface area contributed by atoms with Crippen molar-refractivity contribution in [2.75, 3.05) is 0 Å². The van der Waals surface area contributed by atoms with Crippen molar-refractivity contribution in [3.63, 3.8) is 0 Å². The SMILES string of the molecule is Cc1ccc2cc1C2.N. The fraction of sp³-hybridized carbons (Fsp3) is 0.250. The van der Waals surface area contributed by atoms with Crippen molar-refractivity contribution in [2.45, 2.75) is 13.3 Å². The molecule has 0 saturated carbocycles. The summed E-state index contributed by atoms with van der Waals surface area (Å²) in [4.78, 5) is 0. The second kappa shape index (κ2) is 1.85. The highest BCUT2D eigenvalue weighted by Crippen LogP contribution is 2.23. The zero-order chi connectivity index (χ0) is 5.56. The molecule has 1 heteroatoms. The summed E-state index contributed by atoms with van der Waals surface area (Å²) >= 11 is 0. The lowest BCUT2D eigenvalue weighted by atomic mass is 9.89. The van der Waals surface area contributed by atoms with Gasteiger partial charge in [-0.1, -0.05) is 18.2 Å². The molecular formula is C8H11N. The molecule has 2 bridgehead atoms. The molecule has 0 fully saturated rings. The van der Waals surface area contributed by atoms with Crippen molar-refractivity contribution < 1.29 is 0 Å². The van der Waals surface area contributed by atoms with E-state index in [1.807, 2.05) is 0 Å². The van der Waals surface area contributed by atoms with Gasteiger partial charge in [0.15, 0.2) is 0 Å². The lowest BCUT2D eigenvalue weighted by Gasteiger charge is -2.16. The van der Waals surface area contributed by atoms with Gasteiger partial charge < -0.3 is 6.15 Å². The number of rotatable bonds is 0. The monoisotopic (exact) mass is 121 g/mol.